The topological polar surface area (TPSA) is 29.3 Å². The van der Waals surface area contributed by atoms with E-state index in [1.807, 2.05) is 0 Å². The molecule has 0 aromatic heterocycles. The Morgan fingerprint density at radius 3 is 2.79 bits per heavy atom. The van der Waals surface area contributed by atoms with Gasteiger partial charge in [0.25, 0.3) is 0 Å². The van der Waals surface area contributed by atoms with E-state index in [1.54, 1.807) is 5.57 Å². The normalized spacial score (nSPS) is 18.3. The highest BCUT2D eigenvalue weighted by Gasteiger charge is 2.08. The second-order valence-corrected chi connectivity index (χ2v) is 4.32. The van der Waals surface area contributed by atoms with E-state index in [2.05, 4.69) is 17.9 Å². The fourth-order valence-corrected chi connectivity index (χ4v) is 2.01. The summed E-state index contributed by atoms with van der Waals surface area (Å²) in [5, 5.41) is 0. The van der Waals surface area contributed by atoms with Crippen molar-refractivity contribution in [2.24, 2.45) is 5.73 Å². The van der Waals surface area contributed by atoms with E-state index in [9.17, 15) is 0 Å². The Morgan fingerprint density at radius 2 is 2.07 bits per heavy atom. The fraction of sp³-hybridized carbons (Fsp3) is 0.833. The van der Waals surface area contributed by atoms with Gasteiger partial charge in [-0.25, -0.2) is 0 Å². The molecule has 2 heteroatoms. The maximum Gasteiger partial charge on any atom is 0.0190 e. The maximum atomic E-state index is 5.45. The second kappa shape index (κ2) is 7.02. The summed E-state index contributed by atoms with van der Waals surface area (Å²) in [6, 6.07) is 0. The number of nitrogens with zero attached hydrogens (tertiary/aromatic N) is 1. The van der Waals surface area contributed by atoms with E-state index < -0.39 is 0 Å². The minimum Gasteiger partial charge on any atom is -0.330 e. The minimum atomic E-state index is 0.853. The van der Waals surface area contributed by atoms with E-state index in [4.69, 9.17) is 5.73 Å². The Balaban J connectivity index is 1.99. The van der Waals surface area contributed by atoms with Gasteiger partial charge in [-0.15, -0.1) is 0 Å². The molecule has 0 aliphatic carbocycles. The Kier molecular flexibility index (Phi) is 5.88. The standard InChI is InChI=1S/C12H24N2/c1-12-7-6-10-14(11-12)9-5-3-2-4-8-13/h7H,2-6,8-11,13H2,1H3. The van der Waals surface area contributed by atoms with Crippen LogP contribution in [0.1, 0.15) is 39.0 Å². The summed E-state index contributed by atoms with van der Waals surface area (Å²) in [5.41, 5.74) is 6.99. The lowest BCUT2D eigenvalue weighted by molar-refractivity contribution is 0.283. The molecule has 1 rings (SSSR count). The molecule has 2 nitrogen and oxygen atoms in total. The van der Waals surface area contributed by atoms with Gasteiger partial charge >= 0.3 is 0 Å². The summed E-state index contributed by atoms with van der Waals surface area (Å²) in [7, 11) is 0. The first-order chi connectivity index (χ1) is 6.83. The zero-order valence-electron chi connectivity index (χ0n) is 9.47. The molecule has 0 saturated heterocycles. The summed E-state index contributed by atoms with van der Waals surface area (Å²) in [6.07, 6.45) is 8.79. The van der Waals surface area contributed by atoms with Gasteiger partial charge in [-0.1, -0.05) is 24.5 Å². The molecule has 0 amide bonds. The van der Waals surface area contributed by atoms with Crippen LogP contribution in [-0.2, 0) is 0 Å². The minimum absolute atomic E-state index is 0.853. The second-order valence-electron chi connectivity index (χ2n) is 4.32. The molecule has 0 unspecified atom stereocenters. The van der Waals surface area contributed by atoms with Gasteiger partial charge in [0.05, 0.1) is 0 Å². The SMILES string of the molecule is CC1=CCCN(CCCCCCN)C1. The third-order valence-electron chi connectivity index (χ3n) is 2.84. The Hall–Kier alpha value is -0.340. The van der Waals surface area contributed by atoms with Crippen molar-refractivity contribution in [3.63, 3.8) is 0 Å². The summed E-state index contributed by atoms with van der Waals surface area (Å²) in [6.45, 7) is 6.81. The predicted molar refractivity (Wildman–Crippen MR) is 62.3 cm³/mol. The molecule has 1 heterocycles. The molecule has 0 spiro atoms. The molecule has 2 N–H and O–H groups in total. The molecule has 0 saturated carbocycles. The Labute approximate surface area is 88.2 Å². The molecule has 14 heavy (non-hydrogen) atoms. The van der Waals surface area contributed by atoms with E-state index in [0.717, 1.165) is 6.54 Å². The largest absolute Gasteiger partial charge is 0.330 e. The number of hydrogen-bond donors (Lipinski definition) is 1. The lowest BCUT2D eigenvalue weighted by Crippen LogP contribution is -2.30. The molecule has 0 fully saturated rings. The van der Waals surface area contributed by atoms with Crippen molar-refractivity contribution < 1.29 is 0 Å². The van der Waals surface area contributed by atoms with Crippen LogP contribution in [0.25, 0.3) is 0 Å². The van der Waals surface area contributed by atoms with Crippen molar-refractivity contribution in [1.29, 1.82) is 0 Å². The highest BCUT2D eigenvalue weighted by atomic mass is 15.1. The van der Waals surface area contributed by atoms with Gasteiger partial charge in [-0.05, 0) is 39.3 Å². The molecule has 82 valence electrons. The van der Waals surface area contributed by atoms with Crippen LogP contribution in [0.3, 0.4) is 0 Å². The van der Waals surface area contributed by atoms with Gasteiger partial charge in [0.2, 0.25) is 0 Å². The number of hydrogen-bond acceptors (Lipinski definition) is 2. The third kappa shape index (κ3) is 4.77. The van der Waals surface area contributed by atoms with E-state index in [-0.39, 0.29) is 0 Å². The average molecular weight is 196 g/mol. The number of rotatable bonds is 6. The summed E-state index contributed by atoms with van der Waals surface area (Å²) in [5.74, 6) is 0. The molecule has 0 aromatic rings. The maximum absolute atomic E-state index is 5.45. The van der Waals surface area contributed by atoms with Crippen molar-refractivity contribution in [1.82, 2.24) is 4.90 Å². The number of nitrogens with two attached hydrogens (primary N) is 1. The first kappa shape index (κ1) is 11.7. The van der Waals surface area contributed by atoms with Crippen molar-refractivity contribution in [2.45, 2.75) is 39.0 Å². The molecule has 0 aromatic carbocycles. The van der Waals surface area contributed by atoms with Crippen LogP contribution in [0.2, 0.25) is 0 Å². The van der Waals surface area contributed by atoms with Crippen LogP contribution in [0.15, 0.2) is 11.6 Å². The van der Waals surface area contributed by atoms with E-state index in [0.29, 0.717) is 0 Å². The number of unbranched alkanes of at least 4 members (excludes halogenated alkanes) is 3. The van der Waals surface area contributed by atoms with Gasteiger partial charge in [-0.2, -0.15) is 0 Å². The molecule has 1 aliphatic heterocycles. The van der Waals surface area contributed by atoms with Gasteiger partial charge in [0, 0.05) is 13.1 Å². The van der Waals surface area contributed by atoms with Crippen LogP contribution in [0, 0.1) is 0 Å². The van der Waals surface area contributed by atoms with Crippen molar-refractivity contribution in [3.8, 4) is 0 Å². The molecule has 0 bridgehead atoms. The van der Waals surface area contributed by atoms with Crippen LogP contribution in [-0.4, -0.2) is 31.1 Å². The fourth-order valence-electron chi connectivity index (χ4n) is 2.01. The lowest BCUT2D eigenvalue weighted by Gasteiger charge is -2.25. The summed E-state index contributed by atoms with van der Waals surface area (Å²) < 4.78 is 0. The average Bonchev–Trinajstić information content (AvgIpc) is 2.18. The van der Waals surface area contributed by atoms with Gasteiger partial charge in [0.15, 0.2) is 0 Å². The van der Waals surface area contributed by atoms with Gasteiger partial charge in [0.1, 0.15) is 0 Å². The highest BCUT2D eigenvalue weighted by molar-refractivity contribution is 5.04. The molecular weight excluding hydrogens is 172 g/mol. The molecule has 0 radical (unpaired) electrons. The van der Waals surface area contributed by atoms with Crippen molar-refractivity contribution in [2.75, 3.05) is 26.2 Å². The van der Waals surface area contributed by atoms with Crippen molar-refractivity contribution in [3.05, 3.63) is 11.6 Å². The van der Waals surface area contributed by atoms with Crippen LogP contribution in [0.4, 0.5) is 0 Å². The van der Waals surface area contributed by atoms with Crippen LogP contribution >= 0.6 is 0 Å². The van der Waals surface area contributed by atoms with E-state index >= 15 is 0 Å². The van der Waals surface area contributed by atoms with E-state index in [1.165, 1.54) is 51.7 Å². The molecule has 1 aliphatic rings. The van der Waals surface area contributed by atoms with Crippen LogP contribution < -0.4 is 5.73 Å². The summed E-state index contributed by atoms with van der Waals surface area (Å²) >= 11 is 0. The zero-order chi connectivity index (χ0) is 10.2. The smallest absolute Gasteiger partial charge is 0.0190 e. The predicted octanol–water partition coefficient (Wildman–Crippen LogP) is 2.16. The monoisotopic (exact) mass is 196 g/mol. The first-order valence-electron chi connectivity index (χ1n) is 5.91. The van der Waals surface area contributed by atoms with Gasteiger partial charge in [-0.3, -0.25) is 4.90 Å². The Bertz CT molecular complexity index is 175. The molecule has 0 atom stereocenters. The van der Waals surface area contributed by atoms with Crippen molar-refractivity contribution >= 4 is 0 Å². The highest BCUT2D eigenvalue weighted by Crippen LogP contribution is 2.10. The molecular formula is C12H24N2. The third-order valence-corrected chi connectivity index (χ3v) is 2.84. The Morgan fingerprint density at radius 1 is 1.29 bits per heavy atom. The zero-order valence-corrected chi connectivity index (χ0v) is 9.47. The first-order valence-corrected chi connectivity index (χ1v) is 5.91. The quantitative estimate of drug-likeness (QED) is 0.521. The lowest BCUT2D eigenvalue weighted by atomic mass is 10.1. The van der Waals surface area contributed by atoms with Crippen LogP contribution in [0.5, 0.6) is 0 Å². The summed E-state index contributed by atoms with van der Waals surface area (Å²) in [4.78, 5) is 2.57. The van der Waals surface area contributed by atoms with Gasteiger partial charge < -0.3 is 5.73 Å².